The fourth-order valence-electron chi connectivity index (χ4n) is 2.20. The Morgan fingerprint density at radius 2 is 1.85 bits per heavy atom. The van der Waals surface area contributed by atoms with Gasteiger partial charge in [-0.05, 0) is 29.8 Å². The van der Waals surface area contributed by atoms with Crippen LogP contribution in [-0.2, 0) is 16.1 Å². The summed E-state index contributed by atoms with van der Waals surface area (Å²) in [7, 11) is 2.65. The first-order chi connectivity index (χ1) is 12.9. The van der Waals surface area contributed by atoms with E-state index in [0.717, 1.165) is 6.08 Å². The van der Waals surface area contributed by atoms with Crippen LogP contribution in [0.1, 0.15) is 11.1 Å². The third kappa shape index (κ3) is 5.67. The summed E-state index contributed by atoms with van der Waals surface area (Å²) in [5.74, 6) is -1.34. The largest absolute Gasteiger partial charge is 0.494 e. The first-order valence-electron chi connectivity index (χ1n) is 7.73. The van der Waals surface area contributed by atoms with Crippen LogP contribution in [0.2, 0.25) is 0 Å². The number of benzene rings is 2. The van der Waals surface area contributed by atoms with Crippen molar-refractivity contribution in [2.75, 3.05) is 14.2 Å². The van der Waals surface area contributed by atoms with Crippen molar-refractivity contribution in [1.82, 2.24) is 0 Å². The maximum atomic E-state index is 13.6. The third-order valence-corrected chi connectivity index (χ3v) is 3.43. The van der Waals surface area contributed by atoms with Gasteiger partial charge in [0.25, 0.3) is 0 Å². The Morgan fingerprint density at radius 1 is 1.11 bits per heavy atom. The van der Waals surface area contributed by atoms with E-state index >= 15 is 0 Å². The van der Waals surface area contributed by atoms with Gasteiger partial charge in [-0.2, -0.15) is 8.78 Å². The summed E-state index contributed by atoms with van der Waals surface area (Å²) < 4.78 is 58.0. The molecular formula is C19H17F3O5. The van der Waals surface area contributed by atoms with Gasteiger partial charge in [-0.15, -0.1) is 0 Å². The summed E-state index contributed by atoms with van der Waals surface area (Å²) in [5, 5.41) is 0. The normalized spacial score (nSPS) is 10.9. The van der Waals surface area contributed by atoms with E-state index in [0.29, 0.717) is 5.56 Å². The molecule has 2 aromatic rings. The van der Waals surface area contributed by atoms with Gasteiger partial charge in [0.05, 0.1) is 14.2 Å². The highest BCUT2D eigenvalue weighted by Crippen LogP contribution is 2.33. The molecule has 0 aromatic heterocycles. The number of hydrogen-bond acceptors (Lipinski definition) is 5. The molecule has 2 rings (SSSR count). The molecule has 0 aliphatic carbocycles. The van der Waals surface area contributed by atoms with E-state index in [1.807, 2.05) is 0 Å². The molecule has 8 heteroatoms. The second-order valence-electron chi connectivity index (χ2n) is 5.17. The summed E-state index contributed by atoms with van der Waals surface area (Å²) in [5.41, 5.74) is 0.639. The Kier molecular flexibility index (Phi) is 7.10. The monoisotopic (exact) mass is 382 g/mol. The second kappa shape index (κ2) is 9.51. The fraction of sp³-hybridized carbons (Fsp3) is 0.211. The molecule has 0 saturated heterocycles. The van der Waals surface area contributed by atoms with Crippen molar-refractivity contribution in [2.45, 2.75) is 13.2 Å². The van der Waals surface area contributed by atoms with Crippen LogP contribution >= 0.6 is 0 Å². The van der Waals surface area contributed by atoms with Gasteiger partial charge >= 0.3 is 12.6 Å². The van der Waals surface area contributed by atoms with E-state index in [9.17, 15) is 18.0 Å². The number of rotatable bonds is 8. The molecule has 0 spiro atoms. The Labute approximate surface area is 153 Å². The number of carbonyl (C=O) groups is 1. The summed E-state index contributed by atoms with van der Waals surface area (Å²) in [4.78, 5) is 11.8. The number of methoxy groups -OCH3 is 2. The second-order valence-corrected chi connectivity index (χ2v) is 5.17. The van der Waals surface area contributed by atoms with E-state index in [-0.39, 0.29) is 29.4 Å². The first-order valence-corrected chi connectivity index (χ1v) is 7.73. The Bertz CT molecular complexity index is 821. The molecule has 0 atom stereocenters. The molecular weight excluding hydrogens is 365 g/mol. The SMILES string of the molecule is COc1ccc(COC(=O)/C=C/c2cccc(OC)c2OC(F)F)cc1F. The van der Waals surface area contributed by atoms with Crippen molar-refractivity contribution in [2.24, 2.45) is 0 Å². The molecule has 0 aliphatic heterocycles. The number of halogens is 3. The predicted molar refractivity (Wildman–Crippen MR) is 91.4 cm³/mol. The first kappa shape index (κ1) is 20.2. The van der Waals surface area contributed by atoms with Crippen molar-refractivity contribution in [3.63, 3.8) is 0 Å². The van der Waals surface area contributed by atoms with Crippen LogP contribution in [0.3, 0.4) is 0 Å². The summed E-state index contributed by atoms with van der Waals surface area (Å²) in [6, 6.07) is 8.64. The number of esters is 1. The average molecular weight is 382 g/mol. The minimum atomic E-state index is -3.05. The lowest BCUT2D eigenvalue weighted by atomic mass is 10.1. The molecule has 0 radical (unpaired) electrons. The molecule has 0 saturated carbocycles. The Morgan fingerprint density at radius 3 is 2.48 bits per heavy atom. The summed E-state index contributed by atoms with van der Waals surface area (Å²) in [6.45, 7) is -3.21. The maximum Gasteiger partial charge on any atom is 0.387 e. The van der Waals surface area contributed by atoms with Crippen LogP contribution in [0, 0.1) is 5.82 Å². The number of ether oxygens (including phenoxy) is 4. The molecule has 0 heterocycles. The van der Waals surface area contributed by atoms with E-state index < -0.39 is 18.4 Å². The molecule has 2 aromatic carbocycles. The van der Waals surface area contributed by atoms with Gasteiger partial charge in [-0.3, -0.25) is 0 Å². The van der Waals surface area contributed by atoms with E-state index in [1.54, 1.807) is 12.1 Å². The zero-order chi connectivity index (χ0) is 19.8. The van der Waals surface area contributed by atoms with Gasteiger partial charge < -0.3 is 18.9 Å². The molecule has 0 unspecified atom stereocenters. The number of carbonyl (C=O) groups excluding carboxylic acids is 1. The van der Waals surface area contributed by atoms with Gasteiger partial charge in [-0.25, -0.2) is 9.18 Å². The maximum absolute atomic E-state index is 13.6. The lowest BCUT2D eigenvalue weighted by Gasteiger charge is -2.12. The topological polar surface area (TPSA) is 54.0 Å². The van der Waals surface area contributed by atoms with Crippen LogP contribution in [-0.4, -0.2) is 26.8 Å². The molecule has 0 amide bonds. The van der Waals surface area contributed by atoms with Crippen LogP contribution in [0.4, 0.5) is 13.2 Å². The Hall–Kier alpha value is -3.16. The summed E-state index contributed by atoms with van der Waals surface area (Å²) >= 11 is 0. The van der Waals surface area contributed by atoms with E-state index in [2.05, 4.69) is 4.74 Å². The van der Waals surface area contributed by atoms with Gasteiger partial charge in [0.15, 0.2) is 23.1 Å². The standard InChI is InChI=1S/C19H17F3O5/c1-24-15-8-6-12(10-14(15)20)11-26-17(23)9-7-13-4-3-5-16(25-2)18(13)27-19(21)22/h3-10,19H,11H2,1-2H3/b9-7+. The smallest absolute Gasteiger partial charge is 0.387 e. The highest BCUT2D eigenvalue weighted by molar-refractivity contribution is 5.87. The van der Waals surface area contributed by atoms with E-state index in [1.165, 1.54) is 44.6 Å². The molecule has 0 bridgehead atoms. The zero-order valence-electron chi connectivity index (χ0n) is 14.6. The van der Waals surface area contributed by atoms with Crippen molar-refractivity contribution < 1.29 is 36.9 Å². The molecule has 144 valence electrons. The molecule has 0 N–H and O–H groups in total. The average Bonchev–Trinajstić information content (AvgIpc) is 2.65. The van der Waals surface area contributed by atoms with Gasteiger partial charge in [0.2, 0.25) is 0 Å². The van der Waals surface area contributed by atoms with Gasteiger partial charge in [-0.1, -0.05) is 18.2 Å². The minimum absolute atomic E-state index is 0.0783. The van der Waals surface area contributed by atoms with E-state index in [4.69, 9.17) is 14.2 Å². The quantitative estimate of drug-likeness (QED) is 0.506. The van der Waals surface area contributed by atoms with Crippen LogP contribution in [0.15, 0.2) is 42.5 Å². The van der Waals surface area contributed by atoms with Crippen LogP contribution in [0.5, 0.6) is 17.2 Å². The minimum Gasteiger partial charge on any atom is -0.494 e. The van der Waals surface area contributed by atoms with Crippen molar-refractivity contribution in [3.8, 4) is 17.2 Å². The number of para-hydroxylation sites is 1. The number of hydrogen-bond donors (Lipinski definition) is 0. The van der Waals surface area contributed by atoms with Crippen LogP contribution < -0.4 is 14.2 Å². The van der Waals surface area contributed by atoms with Gasteiger partial charge in [0.1, 0.15) is 6.61 Å². The van der Waals surface area contributed by atoms with Gasteiger partial charge in [0, 0.05) is 11.6 Å². The summed E-state index contributed by atoms with van der Waals surface area (Å²) in [6.07, 6.45) is 2.31. The van der Waals surface area contributed by atoms with Crippen molar-refractivity contribution in [3.05, 3.63) is 59.4 Å². The predicted octanol–water partition coefficient (Wildman–Crippen LogP) is 4.20. The van der Waals surface area contributed by atoms with Crippen LogP contribution in [0.25, 0.3) is 6.08 Å². The molecule has 0 aliphatic rings. The zero-order valence-corrected chi connectivity index (χ0v) is 14.6. The van der Waals surface area contributed by atoms with Crippen molar-refractivity contribution >= 4 is 12.0 Å². The fourth-order valence-corrected chi connectivity index (χ4v) is 2.20. The highest BCUT2D eigenvalue weighted by atomic mass is 19.3. The highest BCUT2D eigenvalue weighted by Gasteiger charge is 2.14. The lowest BCUT2D eigenvalue weighted by molar-refractivity contribution is -0.138. The van der Waals surface area contributed by atoms with Crippen molar-refractivity contribution in [1.29, 1.82) is 0 Å². The molecule has 27 heavy (non-hydrogen) atoms. The lowest BCUT2D eigenvalue weighted by Crippen LogP contribution is -2.05. The number of alkyl halides is 2. The Balaban J connectivity index is 2.05. The third-order valence-electron chi connectivity index (χ3n) is 3.43. The molecule has 0 fully saturated rings. The molecule has 5 nitrogen and oxygen atoms in total.